The number of ether oxygens (including phenoxy) is 2. The van der Waals surface area contributed by atoms with E-state index in [9.17, 15) is 9.46 Å². The zero-order valence-corrected chi connectivity index (χ0v) is 26.8. The Hall–Kier alpha value is -0.0100. The van der Waals surface area contributed by atoms with Crippen LogP contribution in [0.4, 0.5) is 0 Å². The topological polar surface area (TPSA) is 77.1 Å². The number of unbranched alkanes of at least 4 members (excludes halogenated alkanes) is 16. The summed E-state index contributed by atoms with van der Waals surface area (Å²) in [6, 6.07) is 0. The summed E-state index contributed by atoms with van der Waals surface area (Å²) in [5.41, 5.74) is 0. The van der Waals surface area contributed by atoms with Crippen LogP contribution in [0.3, 0.4) is 0 Å². The molecule has 0 rings (SSSR count). The van der Waals surface area contributed by atoms with E-state index in [1.165, 1.54) is 96.3 Å². The van der Waals surface area contributed by atoms with Crippen molar-refractivity contribution >= 4 is 7.82 Å². The summed E-state index contributed by atoms with van der Waals surface area (Å²) in [5.74, 6) is 0. The summed E-state index contributed by atoms with van der Waals surface area (Å²) in [5, 5.41) is 0. The first kappa shape index (κ1) is 38.0. The molecule has 0 aliphatic rings. The third-order valence-electron chi connectivity index (χ3n) is 6.73. The average molecular weight is 566 g/mol. The maximum Gasteiger partial charge on any atom is 0.268 e. The van der Waals surface area contributed by atoms with Crippen LogP contribution in [0.1, 0.15) is 129 Å². The molecule has 0 fully saturated rings. The third-order valence-corrected chi connectivity index (χ3v) is 7.69. The highest BCUT2D eigenvalue weighted by atomic mass is 31.2. The normalized spacial score (nSPS) is 14.6. The first-order valence-electron chi connectivity index (χ1n) is 15.8. The standard InChI is InChI=1S/C30H64NO6P/c1-6-8-10-12-14-16-17-19-21-23-26-35-30(28-34-25-22-20-18-15-13-11-9-7-2)29-37-38(32,33)36-27-24-31(3,4)5/h30H,6-29H2,1-5H3. The highest BCUT2D eigenvalue weighted by Crippen LogP contribution is 2.38. The van der Waals surface area contributed by atoms with E-state index in [1.807, 2.05) is 21.1 Å². The molecule has 0 aliphatic heterocycles. The van der Waals surface area contributed by atoms with Crippen molar-refractivity contribution < 1.29 is 32.5 Å². The minimum absolute atomic E-state index is 0.0691. The van der Waals surface area contributed by atoms with E-state index in [2.05, 4.69) is 13.8 Å². The molecule has 0 aromatic carbocycles. The smallest absolute Gasteiger partial charge is 0.268 e. The lowest BCUT2D eigenvalue weighted by Crippen LogP contribution is -2.37. The minimum atomic E-state index is -4.36. The van der Waals surface area contributed by atoms with E-state index in [1.54, 1.807) is 0 Å². The van der Waals surface area contributed by atoms with Crippen LogP contribution in [0.25, 0.3) is 0 Å². The van der Waals surface area contributed by atoms with Gasteiger partial charge in [0.05, 0.1) is 34.4 Å². The third kappa shape index (κ3) is 29.0. The molecule has 0 bridgehead atoms. The number of quaternary nitrogens is 1. The molecule has 0 heterocycles. The number of hydrogen-bond acceptors (Lipinski definition) is 6. The molecule has 0 N–H and O–H groups in total. The first-order valence-corrected chi connectivity index (χ1v) is 17.3. The number of likely N-dealkylation sites (N-methyl/N-ethyl adjacent to an activating group) is 1. The second-order valence-corrected chi connectivity index (χ2v) is 13.2. The molecule has 0 amide bonds. The van der Waals surface area contributed by atoms with Gasteiger partial charge in [-0.2, -0.15) is 0 Å². The van der Waals surface area contributed by atoms with E-state index in [-0.39, 0.29) is 13.2 Å². The molecule has 8 heteroatoms. The maximum absolute atomic E-state index is 12.2. The molecule has 2 unspecified atom stereocenters. The van der Waals surface area contributed by atoms with Gasteiger partial charge < -0.3 is 27.9 Å². The molecule has 0 saturated heterocycles. The van der Waals surface area contributed by atoms with Crippen molar-refractivity contribution in [1.82, 2.24) is 0 Å². The average Bonchev–Trinajstić information content (AvgIpc) is 2.85. The van der Waals surface area contributed by atoms with Gasteiger partial charge in [-0.05, 0) is 12.8 Å². The lowest BCUT2D eigenvalue weighted by atomic mass is 10.1. The second kappa shape index (κ2) is 25.9. The molecule has 230 valence electrons. The summed E-state index contributed by atoms with van der Waals surface area (Å²) in [6.07, 6.45) is 22.3. The molecule has 0 saturated carbocycles. The van der Waals surface area contributed by atoms with Crippen molar-refractivity contribution in [2.45, 2.75) is 136 Å². The lowest BCUT2D eigenvalue weighted by molar-refractivity contribution is -0.870. The zero-order valence-electron chi connectivity index (χ0n) is 25.9. The van der Waals surface area contributed by atoms with Crippen LogP contribution in [-0.2, 0) is 23.1 Å². The molecular formula is C30H64NO6P. The van der Waals surface area contributed by atoms with Crippen LogP contribution in [0.2, 0.25) is 0 Å². The van der Waals surface area contributed by atoms with Gasteiger partial charge in [0.1, 0.15) is 19.3 Å². The van der Waals surface area contributed by atoms with Crippen molar-refractivity contribution in [3.63, 3.8) is 0 Å². The summed E-state index contributed by atoms with van der Waals surface area (Å²) >= 11 is 0. The van der Waals surface area contributed by atoms with Crippen LogP contribution < -0.4 is 4.89 Å². The Bertz CT molecular complexity index is 543. The van der Waals surface area contributed by atoms with Crippen molar-refractivity contribution in [3.8, 4) is 0 Å². The van der Waals surface area contributed by atoms with Gasteiger partial charge in [-0.1, -0.05) is 117 Å². The van der Waals surface area contributed by atoms with Crippen molar-refractivity contribution in [1.29, 1.82) is 0 Å². The lowest BCUT2D eigenvalue weighted by Gasteiger charge is -2.28. The highest BCUT2D eigenvalue weighted by Gasteiger charge is 2.17. The molecule has 0 aliphatic carbocycles. The number of phosphoric acid groups is 1. The monoisotopic (exact) mass is 565 g/mol. The fourth-order valence-corrected chi connectivity index (χ4v) is 4.90. The van der Waals surface area contributed by atoms with Crippen LogP contribution in [0, 0.1) is 0 Å². The van der Waals surface area contributed by atoms with E-state index in [0.717, 1.165) is 19.3 Å². The van der Waals surface area contributed by atoms with Gasteiger partial charge in [-0.15, -0.1) is 0 Å². The van der Waals surface area contributed by atoms with Crippen molar-refractivity contribution in [2.24, 2.45) is 0 Å². The molecule has 7 nitrogen and oxygen atoms in total. The predicted molar refractivity (Wildman–Crippen MR) is 157 cm³/mol. The Labute approximate surface area is 236 Å². The van der Waals surface area contributed by atoms with Crippen molar-refractivity contribution in [2.75, 3.05) is 60.7 Å². The van der Waals surface area contributed by atoms with Gasteiger partial charge in [0.15, 0.2) is 0 Å². The summed E-state index contributed by atoms with van der Waals surface area (Å²) in [7, 11) is 1.60. The number of rotatable bonds is 30. The molecule has 0 aromatic rings. The van der Waals surface area contributed by atoms with Crippen LogP contribution >= 0.6 is 7.82 Å². The number of hydrogen-bond donors (Lipinski definition) is 0. The highest BCUT2D eigenvalue weighted by molar-refractivity contribution is 7.45. The van der Waals surface area contributed by atoms with Gasteiger partial charge in [-0.3, -0.25) is 4.57 Å². The van der Waals surface area contributed by atoms with E-state index in [4.69, 9.17) is 18.5 Å². The van der Waals surface area contributed by atoms with E-state index >= 15 is 0 Å². The molecular weight excluding hydrogens is 501 g/mol. The fraction of sp³-hybridized carbons (Fsp3) is 1.00. The Morgan fingerprint density at radius 2 is 1.05 bits per heavy atom. The number of phosphoric ester groups is 1. The quantitative estimate of drug-likeness (QED) is 0.0506. The predicted octanol–water partition coefficient (Wildman–Crippen LogP) is 7.66. The van der Waals surface area contributed by atoms with E-state index < -0.39 is 13.9 Å². The van der Waals surface area contributed by atoms with Gasteiger partial charge in [0, 0.05) is 13.2 Å². The SMILES string of the molecule is CCCCCCCCCCCCOC(COCCCCCCCCCC)COP(=O)([O-])OCC[N+](C)(C)C. The van der Waals surface area contributed by atoms with Crippen LogP contribution in [-0.4, -0.2) is 71.3 Å². The molecule has 38 heavy (non-hydrogen) atoms. The van der Waals surface area contributed by atoms with Crippen LogP contribution in [0.5, 0.6) is 0 Å². The second-order valence-electron chi connectivity index (χ2n) is 11.8. The number of nitrogens with zero attached hydrogens (tertiary/aromatic N) is 1. The van der Waals surface area contributed by atoms with Gasteiger partial charge in [0.25, 0.3) is 7.82 Å². The zero-order chi connectivity index (χ0) is 28.4. The molecule has 0 radical (unpaired) electrons. The first-order chi connectivity index (χ1) is 18.2. The Balaban J connectivity index is 4.20. The van der Waals surface area contributed by atoms with Crippen LogP contribution in [0.15, 0.2) is 0 Å². The molecule has 2 atom stereocenters. The Kier molecular flexibility index (Phi) is 25.9. The molecule has 0 spiro atoms. The summed E-state index contributed by atoms with van der Waals surface area (Å²) in [6.45, 7) is 6.71. The van der Waals surface area contributed by atoms with E-state index in [0.29, 0.717) is 30.8 Å². The largest absolute Gasteiger partial charge is 0.756 e. The van der Waals surface area contributed by atoms with Crippen molar-refractivity contribution in [3.05, 3.63) is 0 Å². The van der Waals surface area contributed by atoms with Gasteiger partial charge in [-0.25, -0.2) is 0 Å². The van der Waals surface area contributed by atoms with Gasteiger partial charge >= 0.3 is 0 Å². The Morgan fingerprint density at radius 1 is 0.605 bits per heavy atom. The van der Waals surface area contributed by atoms with Gasteiger partial charge in [0.2, 0.25) is 0 Å². The summed E-state index contributed by atoms with van der Waals surface area (Å²) < 4.78 is 34.9. The molecule has 0 aromatic heterocycles. The Morgan fingerprint density at radius 3 is 1.53 bits per heavy atom. The maximum atomic E-state index is 12.2. The summed E-state index contributed by atoms with van der Waals surface area (Å²) in [4.78, 5) is 12.2. The fourth-order valence-electron chi connectivity index (χ4n) is 4.17. The minimum Gasteiger partial charge on any atom is -0.756 e.